The summed E-state index contributed by atoms with van der Waals surface area (Å²) in [5.74, 6) is -0.430. The van der Waals surface area contributed by atoms with Gasteiger partial charge in [-0.2, -0.15) is 0 Å². The van der Waals surface area contributed by atoms with Gasteiger partial charge in [0.05, 0.1) is 0 Å². The van der Waals surface area contributed by atoms with Gasteiger partial charge in [-0.15, -0.1) is 11.3 Å². The van der Waals surface area contributed by atoms with Crippen molar-refractivity contribution in [3.63, 3.8) is 0 Å². The van der Waals surface area contributed by atoms with Gasteiger partial charge in [-0.1, -0.05) is 25.7 Å². The first-order chi connectivity index (χ1) is 10.1. The number of carbonyl (C=O) groups excluding carboxylic acids is 2. The maximum Gasteiger partial charge on any atom is 0.217 e. The predicted octanol–water partition coefficient (Wildman–Crippen LogP) is 2.92. The van der Waals surface area contributed by atoms with Crippen LogP contribution in [0.2, 0.25) is 0 Å². The molecule has 4 nitrogen and oxygen atoms in total. The Kier molecular flexibility index (Phi) is 8.74. The summed E-state index contributed by atoms with van der Waals surface area (Å²) in [4.78, 5) is 23.9. The van der Waals surface area contributed by atoms with E-state index in [1.165, 1.54) is 35.4 Å². The molecule has 0 aliphatic heterocycles. The van der Waals surface area contributed by atoms with Gasteiger partial charge in [-0.05, 0) is 37.8 Å². The minimum atomic E-state index is -0.235. The van der Waals surface area contributed by atoms with Crippen LogP contribution in [0.3, 0.4) is 0 Å². The fraction of sp³-hybridized carbons (Fsp3) is 0.625. The summed E-state index contributed by atoms with van der Waals surface area (Å²) in [5.41, 5.74) is 10.2. The van der Waals surface area contributed by atoms with Crippen molar-refractivity contribution in [2.75, 3.05) is 0 Å². The Morgan fingerprint density at radius 1 is 0.762 bits per heavy atom. The summed E-state index contributed by atoms with van der Waals surface area (Å²) >= 11 is 1.79. The predicted molar refractivity (Wildman–Crippen MR) is 87.1 cm³/mol. The van der Waals surface area contributed by atoms with E-state index in [4.69, 9.17) is 11.5 Å². The minimum Gasteiger partial charge on any atom is -0.370 e. The van der Waals surface area contributed by atoms with Gasteiger partial charge in [0, 0.05) is 22.6 Å². The van der Waals surface area contributed by atoms with Crippen molar-refractivity contribution in [2.45, 2.75) is 64.2 Å². The summed E-state index contributed by atoms with van der Waals surface area (Å²) in [5, 5.41) is 0. The van der Waals surface area contributed by atoms with E-state index in [0.717, 1.165) is 25.7 Å². The maximum absolute atomic E-state index is 10.7. The van der Waals surface area contributed by atoms with Crippen molar-refractivity contribution in [3.8, 4) is 0 Å². The summed E-state index contributed by atoms with van der Waals surface area (Å²) in [6.45, 7) is 0. The Labute approximate surface area is 130 Å². The van der Waals surface area contributed by atoms with Gasteiger partial charge in [0.25, 0.3) is 0 Å². The highest BCUT2D eigenvalue weighted by molar-refractivity contribution is 7.12. The standard InChI is InChI=1S/C16H26N2O2S/c17-15(19)8-6-4-2-1-3-5-7-13-9-10-14(21-13)11-12-16(18)20/h9-10H,1-8,11-12H2,(H2,17,19)(H2,18,20). The zero-order chi connectivity index (χ0) is 15.5. The van der Waals surface area contributed by atoms with Crippen LogP contribution in [0.25, 0.3) is 0 Å². The van der Waals surface area contributed by atoms with E-state index >= 15 is 0 Å². The molecule has 0 atom stereocenters. The summed E-state index contributed by atoms with van der Waals surface area (Å²) in [6, 6.07) is 4.26. The number of hydrogen-bond acceptors (Lipinski definition) is 3. The lowest BCUT2D eigenvalue weighted by Gasteiger charge is -2.00. The molecule has 21 heavy (non-hydrogen) atoms. The summed E-state index contributed by atoms with van der Waals surface area (Å²) < 4.78 is 0. The van der Waals surface area contributed by atoms with E-state index in [2.05, 4.69) is 12.1 Å². The molecule has 0 fully saturated rings. The van der Waals surface area contributed by atoms with Crippen molar-refractivity contribution >= 4 is 23.2 Å². The molecule has 1 aromatic heterocycles. The minimum absolute atomic E-state index is 0.195. The van der Waals surface area contributed by atoms with Crippen LogP contribution < -0.4 is 11.5 Å². The fourth-order valence-corrected chi connectivity index (χ4v) is 3.30. The molecule has 0 aromatic carbocycles. The molecule has 0 aliphatic carbocycles. The number of nitrogens with two attached hydrogens (primary N) is 2. The third-order valence-electron chi connectivity index (χ3n) is 3.43. The average Bonchev–Trinajstić information content (AvgIpc) is 2.87. The topological polar surface area (TPSA) is 86.2 Å². The monoisotopic (exact) mass is 310 g/mol. The van der Waals surface area contributed by atoms with E-state index in [1.807, 2.05) is 0 Å². The fourth-order valence-electron chi connectivity index (χ4n) is 2.24. The number of amides is 2. The second-order valence-corrected chi connectivity index (χ2v) is 6.67. The van der Waals surface area contributed by atoms with Gasteiger partial charge in [0.2, 0.25) is 11.8 Å². The smallest absolute Gasteiger partial charge is 0.217 e. The second kappa shape index (κ2) is 10.4. The molecule has 4 N–H and O–H groups in total. The zero-order valence-corrected chi connectivity index (χ0v) is 13.4. The summed E-state index contributed by atoms with van der Waals surface area (Å²) in [6.07, 6.45) is 9.68. The number of thiophene rings is 1. The molecule has 0 radical (unpaired) electrons. The molecule has 0 saturated carbocycles. The van der Waals surface area contributed by atoms with Gasteiger partial charge in [0.1, 0.15) is 0 Å². The largest absolute Gasteiger partial charge is 0.370 e. The van der Waals surface area contributed by atoms with Crippen molar-refractivity contribution in [1.82, 2.24) is 0 Å². The molecule has 0 spiro atoms. The van der Waals surface area contributed by atoms with Crippen LogP contribution in [0.4, 0.5) is 0 Å². The highest BCUT2D eigenvalue weighted by Gasteiger charge is 2.02. The van der Waals surface area contributed by atoms with Gasteiger partial charge in [-0.25, -0.2) is 0 Å². The molecule has 0 bridgehead atoms. The van der Waals surface area contributed by atoms with Crippen molar-refractivity contribution in [1.29, 1.82) is 0 Å². The highest BCUT2D eigenvalue weighted by atomic mass is 32.1. The third kappa shape index (κ3) is 9.24. The molecular formula is C16H26N2O2S. The molecule has 1 aromatic rings. The molecule has 1 heterocycles. The van der Waals surface area contributed by atoms with Crippen LogP contribution in [-0.2, 0) is 22.4 Å². The van der Waals surface area contributed by atoms with Crippen molar-refractivity contribution in [3.05, 3.63) is 21.9 Å². The summed E-state index contributed by atoms with van der Waals surface area (Å²) in [7, 11) is 0. The van der Waals surface area contributed by atoms with Crippen molar-refractivity contribution in [2.24, 2.45) is 11.5 Å². The molecule has 0 unspecified atom stereocenters. The van der Waals surface area contributed by atoms with Crippen LogP contribution in [0.1, 0.15) is 61.1 Å². The number of hydrogen-bond donors (Lipinski definition) is 2. The normalized spacial score (nSPS) is 10.7. The van der Waals surface area contributed by atoms with Crippen LogP contribution in [-0.4, -0.2) is 11.8 Å². The van der Waals surface area contributed by atoms with Gasteiger partial charge >= 0.3 is 0 Å². The Bertz CT molecular complexity index is 443. The first-order valence-corrected chi connectivity index (χ1v) is 8.54. The maximum atomic E-state index is 10.7. The third-order valence-corrected chi connectivity index (χ3v) is 4.64. The van der Waals surface area contributed by atoms with Crippen LogP contribution in [0.5, 0.6) is 0 Å². The quantitative estimate of drug-likeness (QED) is 0.582. The Morgan fingerprint density at radius 3 is 1.90 bits per heavy atom. The number of primary amides is 2. The highest BCUT2D eigenvalue weighted by Crippen LogP contribution is 2.20. The van der Waals surface area contributed by atoms with Gasteiger partial charge in [0.15, 0.2) is 0 Å². The van der Waals surface area contributed by atoms with Gasteiger partial charge < -0.3 is 11.5 Å². The lowest BCUT2D eigenvalue weighted by molar-refractivity contribution is -0.118. The Balaban J connectivity index is 2.02. The second-order valence-electron chi connectivity index (χ2n) is 5.42. The first-order valence-electron chi connectivity index (χ1n) is 7.72. The van der Waals surface area contributed by atoms with Gasteiger partial charge in [-0.3, -0.25) is 9.59 Å². The molecular weight excluding hydrogens is 284 g/mol. The van der Waals surface area contributed by atoms with Crippen molar-refractivity contribution < 1.29 is 9.59 Å². The molecule has 2 amide bonds. The SMILES string of the molecule is NC(=O)CCCCCCCCc1ccc(CCC(N)=O)s1. The molecule has 118 valence electrons. The molecule has 5 heteroatoms. The number of rotatable bonds is 12. The van der Waals surface area contributed by atoms with E-state index in [-0.39, 0.29) is 11.8 Å². The zero-order valence-electron chi connectivity index (χ0n) is 12.6. The first kappa shape index (κ1) is 17.7. The van der Waals surface area contributed by atoms with Crippen LogP contribution >= 0.6 is 11.3 Å². The molecule has 0 saturated heterocycles. The Hall–Kier alpha value is -1.36. The number of carbonyl (C=O) groups is 2. The van der Waals surface area contributed by atoms with E-state index < -0.39 is 0 Å². The average molecular weight is 310 g/mol. The number of aryl methyl sites for hydroxylation is 2. The molecule has 0 aliphatic rings. The van der Waals surface area contributed by atoms with E-state index in [0.29, 0.717) is 12.8 Å². The lowest BCUT2D eigenvalue weighted by Crippen LogP contribution is -2.10. The van der Waals surface area contributed by atoms with E-state index in [1.54, 1.807) is 11.3 Å². The van der Waals surface area contributed by atoms with E-state index in [9.17, 15) is 9.59 Å². The van der Waals surface area contributed by atoms with Crippen LogP contribution in [0.15, 0.2) is 12.1 Å². The Morgan fingerprint density at radius 2 is 1.29 bits per heavy atom. The lowest BCUT2D eigenvalue weighted by atomic mass is 10.1. The van der Waals surface area contributed by atoms with Crippen LogP contribution in [0, 0.1) is 0 Å². The number of unbranched alkanes of at least 4 members (excludes halogenated alkanes) is 5. The molecule has 1 rings (SSSR count).